The lowest BCUT2D eigenvalue weighted by Gasteiger charge is -2.24. The molecule has 0 aromatic carbocycles. The number of hydrogen-bond donors (Lipinski definition) is 2. The van der Waals surface area contributed by atoms with Gasteiger partial charge in [0, 0.05) is 51.3 Å². The number of halogens is 1. The Hall–Kier alpha value is -1.55. The Bertz CT molecular complexity index is 660. The highest BCUT2D eigenvalue weighted by Gasteiger charge is 2.16. The van der Waals surface area contributed by atoms with Crippen LogP contribution in [0, 0.1) is 0 Å². The third kappa shape index (κ3) is 6.69. The van der Waals surface area contributed by atoms with Crippen molar-refractivity contribution in [2.24, 2.45) is 19.1 Å². The Labute approximate surface area is 167 Å². The van der Waals surface area contributed by atoms with E-state index in [1.54, 1.807) is 0 Å². The number of aliphatic imine (C=N–C) groups is 1. The summed E-state index contributed by atoms with van der Waals surface area (Å²) in [5.41, 5.74) is 2.39. The number of rotatable bonds is 7. The van der Waals surface area contributed by atoms with E-state index in [2.05, 4.69) is 65.1 Å². The number of guanidine groups is 1. The van der Waals surface area contributed by atoms with E-state index >= 15 is 0 Å². The van der Waals surface area contributed by atoms with E-state index in [4.69, 9.17) is 0 Å². The second-order valence-corrected chi connectivity index (χ2v) is 6.19. The summed E-state index contributed by atoms with van der Waals surface area (Å²) < 4.78 is 3.87. The predicted octanol–water partition coefficient (Wildman–Crippen LogP) is 1.73. The standard InChI is InChI=1S/C17H29N7.HI/c1-6-18-17(19-9-14-7-8-23(4)12-14)20-11-16(22(2)3)15-10-21-24(5)13-15;/h7-8,10,12-13,16H,6,9,11H2,1-5H3,(H2,18,19,20);1H. The van der Waals surface area contributed by atoms with E-state index in [9.17, 15) is 0 Å². The molecule has 7 nitrogen and oxygen atoms in total. The summed E-state index contributed by atoms with van der Waals surface area (Å²) in [7, 11) is 8.11. The Balaban J connectivity index is 0.00000312. The van der Waals surface area contributed by atoms with Gasteiger partial charge in [-0.15, -0.1) is 24.0 Å². The zero-order chi connectivity index (χ0) is 17.5. The minimum Gasteiger partial charge on any atom is -0.357 e. The quantitative estimate of drug-likeness (QED) is 0.376. The molecule has 8 heteroatoms. The van der Waals surface area contributed by atoms with E-state index in [1.165, 1.54) is 11.1 Å². The summed E-state index contributed by atoms with van der Waals surface area (Å²) in [4.78, 5) is 6.85. The van der Waals surface area contributed by atoms with E-state index in [0.717, 1.165) is 19.0 Å². The van der Waals surface area contributed by atoms with Crippen LogP contribution in [0.4, 0.5) is 0 Å². The van der Waals surface area contributed by atoms with Gasteiger partial charge in [-0.25, -0.2) is 4.99 Å². The summed E-state index contributed by atoms with van der Waals surface area (Å²) in [6.45, 7) is 4.33. The lowest BCUT2D eigenvalue weighted by molar-refractivity contribution is 0.298. The van der Waals surface area contributed by atoms with Crippen LogP contribution in [0.3, 0.4) is 0 Å². The monoisotopic (exact) mass is 459 g/mol. The number of aryl methyl sites for hydroxylation is 2. The Morgan fingerprint density at radius 2 is 2.04 bits per heavy atom. The van der Waals surface area contributed by atoms with Crippen LogP contribution >= 0.6 is 24.0 Å². The van der Waals surface area contributed by atoms with Crippen molar-refractivity contribution in [1.29, 1.82) is 0 Å². The number of hydrogen-bond acceptors (Lipinski definition) is 3. The first-order chi connectivity index (χ1) is 11.5. The van der Waals surface area contributed by atoms with Crippen molar-refractivity contribution in [1.82, 2.24) is 29.9 Å². The van der Waals surface area contributed by atoms with Crippen molar-refractivity contribution >= 4 is 29.9 Å². The molecular weight excluding hydrogens is 429 g/mol. The fraction of sp³-hybridized carbons (Fsp3) is 0.529. The molecule has 0 fully saturated rings. The van der Waals surface area contributed by atoms with Gasteiger partial charge in [-0.05, 0) is 32.6 Å². The molecule has 0 radical (unpaired) electrons. The molecule has 0 amide bonds. The first kappa shape index (κ1) is 21.5. The summed E-state index contributed by atoms with van der Waals surface area (Å²) >= 11 is 0. The predicted molar refractivity (Wildman–Crippen MR) is 113 cm³/mol. The zero-order valence-electron chi connectivity index (χ0n) is 15.7. The maximum atomic E-state index is 4.67. The van der Waals surface area contributed by atoms with Gasteiger partial charge in [-0.3, -0.25) is 4.68 Å². The Kier molecular flexibility index (Phi) is 8.98. The lowest BCUT2D eigenvalue weighted by Crippen LogP contribution is -2.41. The van der Waals surface area contributed by atoms with Gasteiger partial charge in [0.05, 0.1) is 18.8 Å². The van der Waals surface area contributed by atoms with Gasteiger partial charge in [0.15, 0.2) is 5.96 Å². The smallest absolute Gasteiger partial charge is 0.191 e. The number of aromatic nitrogens is 3. The molecule has 0 aliphatic carbocycles. The van der Waals surface area contributed by atoms with Gasteiger partial charge in [-0.1, -0.05) is 0 Å². The Morgan fingerprint density at radius 3 is 2.56 bits per heavy atom. The second kappa shape index (κ2) is 10.4. The molecule has 0 bridgehead atoms. The van der Waals surface area contributed by atoms with E-state index in [0.29, 0.717) is 6.54 Å². The van der Waals surface area contributed by atoms with Gasteiger partial charge in [0.2, 0.25) is 0 Å². The molecule has 2 aromatic heterocycles. The molecule has 0 aliphatic rings. The minimum absolute atomic E-state index is 0. The zero-order valence-corrected chi connectivity index (χ0v) is 18.1. The van der Waals surface area contributed by atoms with Crippen LogP contribution in [0.5, 0.6) is 0 Å². The summed E-state index contributed by atoms with van der Waals surface area (Å²) in [6.07, 6.45) is 8.10. The van der Waals surface area contributed by atoms with Gasteiger partial charge >= 0.3 is 0 Å². The topological polar surface area (TPSA) is 62.4 Å². The average Bonchev–Trinajstić information content (AvgIpc) is 3.13. The number of likely N-dealkylation sites (N-methyl/N-ethyl adjacent to an activating group) is 1. The van der Waals surface area contributed by atoms with E-state index in [1.807, 2.05) is 35.7 Å². The highest BCUT2D eigenvalue weighted by molar-refractivity contribution is 14.0. The van der Waals surface area contributed by atoms with Gasteiger partial charge < -0.3 is 20.1 Å². The third-order valence-corrected chi connectivity index (χ3v) is 3.85. The normalized spacial score (nSPS) is 12.8. The molecular formula is C17H30IN7. The maximum absolute atomic E-state index is 4.67. The van der Waals surface area contributed by atoms with Crippen LogP contribution in [-0.2, 0) is 20.6 Å². The van der Waals surface area contributed by atoms with Gasteiger partial charge in [-0.2, -0.15) is 5.10 Å². The van der Waals surface area contributed by atoms with Crippen molar-refractivity contribution in [3.8, 4) is 0 Å². The SMILES string of the molecule is CCNC(=NCc1ccn(C)c1)NCC(c1cnn(C)c1)N(C)C.I. The minimum atomic E-state index is 0. The fourth-order valence-electron chi connectivity index (χ4n) is 2.57. The largest absolute Gasteiger partial charge is 0.357 e. The molecule has 2 aromatic rings. The third-order valence-electron chi connectivity index (χ3n) is 3.85. The number of nitrogens with one attached hydrogen (secondary N) is 2. The molecule has 0 spiro atoms. The van der Waals surface area contributed by atoms with Crippen molar-refractivity contribution < 1.29 is 0 Å². The average molecular weight is 459 g/mol. The fourth-order valence-corrected chi connectivity index (χ4v) is 2.57. The highest BCUT2D eigenvalue weighted by Crippen LogP contribution is 2.16. The maximum Gasteiger partial charge on any atom is 0.191 e. The van der Waals surface area contributed by atoms with Crippen LogP contribution in [0.25, 0.3) is 0 Å². The second-order valence-electron chi connectivity index (χ2n) is 6.19. The van der Waals surface area contributed by atoms with Crippen LogP contribution in [0.1, 0.15) is 24.1 Å². The summed E-state index contributed by atoms with van der Waals surface area (Å²) in [6, 6.07) is 2.32. The van der Waals surface area contributed by atoms with Crippen LogP contribution < -0.4 is 10.6 Å². The first-order valence-corrected chi connectivity index (χ1v) is 8.27. The molecule has 0 saturated heterocycles. The van der Waals surface area contributed by atoms with Crippen molar-refractivity contribution in [2.45, 2.75) is 19.5 Å². The van der Waals surface area contributed by atoms with Crippen LogP contribution in [0.2, 0.25) is 0 Å². The van der Waals surface area contributed by atoms with Gasteiger partial charge in [0.1, 0.15) is 0 Å². The van der Waals surface area contributed by atoms with Crippen molar-refractivity contribution in [3.63, 3.8) is 0 Å². The van der Waals surface area contributed by atoms with Crippen LogP contribution in [-0.4, -0.2) is 52.4 Å². The summed E-state index contributed by atoms with van der Waals surface area (Å²) in [5, 5.41) is 11.0. The van der Waals surface area contributed by atoms with Crippen LogP contribution in [0.15, 0.2) is 35.8 Å². The van der Waals surface area contributed by atoms with E-state index in [-0.39, 0.29) is 30.0 Å². The molecule has 0 saturated carbocycles. The van der Waals surface area contributed by atoms with Crippen molar-refractivity contribution in [2.75, 3.05) is 27.2 Å². The highest BCUT2D eigenvalue weighted by atomic mass is 127. The molecule has 140 valence electrons. The molecule has 2 rings (SSSR count). The Morgan fingerprint density at radius 1 is 1.28 bits per heavy atom. The summed E-state index contributed by atoms with van der Waals surface area (Å²) in [5.74, 6) is 0.831. The van der Waals surface area contributed by atoms with Gasteiger partial charge in [0.25, 0.3) is 0 Å². The molecule has 25 heavy (non-hydrogen) atoms. The van der Waals surface area contributed by atoms with E-state index < -0.39 is 0 Å². The number of nitrogens with zero attached hydrogens (tertiary/aromatic N) is 5. The van der Waals surface area contributed by atoms with Crippen molar-refractivity contribution in [3.05, 3.63) is 42.0 Å². The first-order valence-electron chi connectivity index (χ1n) is 8.27. The molecule has 1 atom stereocenters. The lowest BCUT2D eigenvalue weighted by atomic mass is 10.1. The molecule has 0 aliphatic heterocycles. The molecule has 1 unspecified atom stereocenters. The molecule has 2 N–H and O–H groups in total. The molecule has 2 heterocycles.